The third kappa shape index (κ3) is 3.92. The summed E-state index contributed by atoms with van der Waals surface area (Å²) in [5.41, 5.74) is 4.54. The van der Waals surface area contributed by atoms with Crippen LogP contribution in [-0.4, -0.2) is 39.1 Å². The lowest BCUT2D eigenvalue weighted by molar-refractivity contribution is -0.128. The molecule has 0 aliphatic carbocycles. The first-order valence-electron chi connectivity index (χ1n) is 10.3. The summed E-state index contributed by atoms with van der Waals surface area (Å²) in [5, 5.41) is 7.58. The quantitative estimate of drug-likeness (QED) is 0.843. The Morgan fingerprint density at radius 1 is 1.28 bits per heavy atom. The number of ether oxygens (including phenoxy) is 1. The fraction of sp³-hybridized carbons (Fsp3) is 0.500. The van der Waals surface area contributed by atoms with E-state index in [-0.39, 0.29) is 24.0 Å². The first kappa shape index (κ1) is 19.6. The minimum Gasteiger partial charge on any atom is -0.369 e. The van der Waals surface area contributed by atoms with Gasteiger partial charge in [0.05, 0.1) is 17.9 Å². The number of nitrogens with zero attached hydrogens (tertiary/aromatic N) is 3. The van der Waals surface area contributed by atoms with E-state index in [1.54, 1.807) is 11.7 Å². The van der Waals surface area contributed by atoms with Crippen molar-refractivity contribution < 1.29 is 14.3 Å². The van der Waals surface area contributed by atoms with E-state index >= 15 is 0 Å². The van der Waals surface area contributed by atoms with Crippen molar-refractivity contribution in [3.05, 3.63) is 52.3 Å². The van der Waals surface area contributed by atoms with Crippen molar-refractivity contribution in [3.8, 4) is 0 Å². The van der Waals surface area contributed by atoms with Gasteiger partial charge >= 0.3 is 0 Å². The van der Waals surface area contributed by atoms with Gasteiger partial charge in [0.2, 0.25) is 5.91 Å². The molecule has 154 valence electrons. The molecule has 1 saturated heterocycles. The molecule has 0 spiro atoms. The Labute approximate surface area is 171 Å². The van der Waals surface area contributed by atoms with Crippen LogP contribution in [0.15, 0.2) is 24.3 Å². The standard InChI is InChI=1S/C22H28N4O3/c1-14-11-18-20(15(2)29-14)24-25(3)21(18)22(28)23-12-16-7-4-5-8-17(16)13-26-10-6-9-19(26)27/h4-5,7-8,14-15H,6,9-13H2,1-3H3,(H,23,28)/t14-,15+/m1/s1. The van der Waals surface area contributed by atoms with Crippen molar-refractivity contribution >= 4 is 11.8 Å². The van der Waals surface area contributed by atoms with Crippen molar-refractivity contribution in [2.75, 3.05) is 6.54 Å². The highest BCUT2D eigenvalue weighted by atomic mass is 16.5. The molecular weight excluding hydrogens is 368 g/mol. The summed E-state index contributed by atoms with van der Waals surface area (Å²) in [6, 6.07) is 7.97. The summed E-state index contributed by atoms with van der Waals surface area (Å²) >= 11 is 0. The lowest BCUT2D eigenvalue weighted by atomic mass is 9.99. The molecule has 2 amide bonds. The molecule has 2 aliphatic heterocycles. The fourth-order valence-corrected chi connectivity index (χ4v) is 4.37. The number of fused-ring (bicyclic) bond motifs is 1. The van der Waals surface area contributed by atoms with Crippen LogP contribution in [0.25, 0.3) is 0 Å². The summed E-state index contributed by atoms with van der Waals surface area (Å²) < 4.78 is 7.50. The van der Waals surface area contributed by atoms with E-state index in [0.29, 0.717) is 31.6 Å². The molecule has 1 N–H and O–H groups in total. The van der Waals surface area contributed by atoms with Crippen LogP contribution in [0.3, 0.4) is 0 Å². The maximum atomic E-state index is 13.0. The van der Waals surface area contributed by atoms with Gasteiger partial charge in [-0.25, -0.2) is 0 Å². The first-order valence-corrected chi connectivity index (χ1v) is 10.3. The van der Waals surface area contributed by atoms with Crippen molar-refractivity contribution in [3.63, 3.8) is 0 Å². The van der Waals surface area contributed by atoms with Gasteiger partial charge in [-0.2, -0.15) is 5.10 Å². The van der Waals surface area contributed by atoms with Gasteiger partial charge in [0.15, 0.2) is 0 Å². The second-order valence-corrected chi connectivity index (χ2v) is 8.00. The molecule has 0 saturated carbocycles. The van der Waals surface area contributed by atoms with Crippen molar-refractivity contribution in [1.82, 2.24) is 20.0 Å². The molecule has 4 rings (SSSR count). The lowest BCUT2D eigenvalue weighted by Gasteiger charge is -2.24. The molecule has 3 heterocycles. The van der Waals surface area contributed by atoms with Crippen LogP contribution in [0.2, 0.25) is 0 Å². The average molecular weight is 396 g/mol. The van der Waals surface area contributed by atoms with Crippen molar-refractivity contribution in [1.29, 1.82) is 0 Å². The maximum Gasteiger partial charge on any atom is 0.270 e. The summed E-state index contributed by atoms with van der Waals surface area (Å²) in [6.07, 6.45) is 2.19. The SMILES string of the molecule is C[C@@H]1Cc2c(nn(C)c2C(=O)NCc2ccccc2CN2CCCC2=O)[C@H](C)O1. The summed E-state index contributed by atoms with van der Waals surface area (Å²) in [5.74, 6) is 0.0745. The van der Waals surface area contributed by atoms with Crippen molar-refractivity contribution in [2.45, 2.75) is 58.4 Å². The average Bonchev–Trinajstić information content (AvgIpc) is 3.23. The Bertz CT molecular complexity index is 936. The highest BCUT2D eigenvalue weighted by Gasteiger charge is 2.31. The number of nitrogens with one attached hydrogen (secondary N) is 1. The van der Waals surface area contributed by atoms with E-state index in [9.17, 15) is 9.59 Å². The zero-order valence-electron chi connectivity index (χ0n) is 17.3. The van der Waals surface area contributed by atoms with Gasteiger partial charge in [-0.1, -0.05) is 24.3 Å². The minimum absolute atomic E-state index is 0.0620. The first-order chi connectivity index (χ1) is 13.9. The number of amides is 2. The van der Waals surface area contributed by atoms with Crippen LogP contribution in [0.5, 0.6) is 0 Å². The van der Waals surface area contributed by atoms with Crippen LogP contribution in [-0.2, 0) is 36.1 Å². The van der Waals surface area contributed by atoms with Gasteiger partial charge in [0, 0.05) is 45.1 Å². The zero-order valence-corrected chi connectivity index (χ0v) is 17.3. The summed E-state index contributed by atoms with van der Waals surface area (Å²) in [4.78, 5) is 26.9. The Balaban J connectivity index is 1.49. The predicted octanol–water partition coefficient (Wildman–Crippen LogP) is 2.49. The number of rotatable bonds is 5. The van der Waals surface area contributed by atoms with E-state index in [4.69, 9.17) is 4.74 Å². The largest absolute Gasteiger partial charge is 0.369 e. The van der Waals surface area contributed by atoms with Crippen LogP contribution in [0, 0.1) is 0 Å². The minimum atomic E-state index is -0.130. The number of aryl methyl sites for hydroxylation is 1. The Morgan fingerprint density at radius 3 is 2.76 bits per heavy atom. The Hall–Kier alpha value is -2.67. The van der Waals surface area contributed by atoms with Gasteiger partial charge < -0.3 is 15.0 Å². The molecule has 1 aromatic heterocycles. The topological polar surface area (TPSA) is 76.5 Å². The van der Waals surface area contributed by atoms with E-state index in [2.05, 4.69) is 10.4 Å². The molecular formula is C22H28N4O3. The highest BCUT2D eigenvalue weighted by Crippen LogP contribution is 2.31. The molecule has 1 fully saturated rings. The number of carbonyl (C=O) groups excluding carboxylic acids is 2. The van der Waals surface area contributed by atoms with Gasteiger partial charge in [-0.3, -0.25) is 14.3 Å². The van der Waals surface area contributed by atoms with Crippen LogP contribution >= 0.6 is 0 Å². The van der Waals surface area contributed by atoms with Crippen molar-refractivity contribution in [2.24, 2.45) is 7.05 Å². The van der Waals surface area contributed by atoms with Crippen LogP contribution in [0.1, 0.15) is 65.7 Å². The highest BCUT2D eigenvalue weighted by molar-refractivity contribution is 5.94. The number of hydrogen-bond acceptors (Lipinski definition) is 4. The number of aromatic nitrogens is 2. The number of benzene rings is 1. The molecule has 1 aromatic carbocycles. The summed E-state index contributed by atoms with van der Waals surface area (Å²) in [6.45, 7) is 5.80. The molecule has 0 bridgehead atoms. The molecule has 29 heavy (non-hydrogen) atoms. The lowest BCUT2D eigenvalue weighted by Crippen LogP contribution is -2.29. The Kier molecular flexibility index (Phi) is 5.41. The van der Waals surface area contributed by atoms with Gasteiger partial charge in [0.25, 0.3) is 5.91 Å². The second kappa shape index (κ2) is 7.99. The third-order valence-electron chi connectivity index (χ3n) is 5.79. The summed E-state index contributed by atoms with van der Waals surface area (Å²) in [7, 11) is 1.80. The molecule has 2 aliphatic rings. The van der Waals surface area contributed by atoms with E-state index in [0.717, 1.165) is 35.3 Å². The monoisotopic (exact) mass is 396 g/mol. The normalized spacial score (nSPS) is 21.3. The molecule has 7 heteroatoms. The third-order valence-corrected chi connectivity index (χ3v) is 5.79. The number of likely N-dealkylation sites (tertiary alicyclic amines) is 1. The van der Waals surface area contributed by atoms with Crippen LogP contribution in [0.4, 0.5) is 0 Å². The molecule has 0 radical (unpaired) electrons. The Morgan fingerprint density at radius 2 is 2.03 bits per heavy atom. The fourth-order valence-electron chi connectivity index (χ4n) is 4.37. The van der Waals surface area contributed by atoms with Gasteiger partial charge in [-0.05, 0) is 31.4 Å². The smallest absolute Gasteiger partial charge is 0.270 e. The molecule has 7 nitrogen and oxygen atoms in total. The van der Waals surface area contributed by atoms with E-state index < -0.39 is 0 Å². The zero-order chi connectivity index (χ0) is 20.5. The molecule has 2 atom stereocenters. The van der Waals surface area contributed by atoms with Gasteiger partial charge in [-0.15, -0.1) is 0 Å². The predicted molar refractivity (Wildman–Crippen MR) is 108 cm³/mol. The second-order valence-electron chi connectivity index (χ2n) is 8.00. The van der Waals surface area contributed by atoms with Crippen LogP contribution < -0.4 is 5.32 Å². The maximum absolute atomic E-state index is 13.0. The number of carbonyl (C=O) groups is 2. The number of hydrogen-bond donors (Lipinski definition) is 1. The van der Waals surface area contributed by atoms with Gasteiger partial charge in [0.1, 0.15) is 5.69 Å². The van der Waals surface area contributed by atoms with E-state index in [1.165, 1.54) is 0 Å². The molecule has 0 unspecified atom stereocenters. The molecule has 2 aromatic rings. The van der Waals surface area contributed by atoms with E-state index in [1.807, 2.05) is 43.0 Å².